The summed E-state index contributed by atoms with van der Waals surface area (Å²) in [7, 11) is 1.73. The van der Waals surface area contributed by atoms with E-state index in [2.05, 4.69) is 10.3 Å². The van der Waals surface area contributed by atoms with Crippen molar-refractivity contribution < 1.29 is 4.74 Å². The lowest BCUT2D eigenvalue weighted by atomic mass is 10.1. The molecule has 3 nitrogen and oxygen atoms in total. The largest absolute Gasteiger partial charge is 0.496 e. The van der Waals surface area contributed by atoms with Gasteiger partial charge in [0.05, 0.1) is 12.0 Å². The van der Waals surface area contributed by atoms with Crippen molar-refractivity contribution in [3.8, 4) is 5.75 Å². The van der Waals surface area contributed by atoms with Gasteiger partial charge in [0.25, 0.3) is 0 Å². The number of ether oxygens (including phenoxy) is 1. The molecule has 0 spiro atoms. The molecule has 0 aromatic carbocycles. The molecule has 1 aliphatic rings. The van der Waals surface area contributed by atoms with Crippen molar-refractivity contribution in [2.45, 2.75) is 13.0 Å². The van der Waals surface area contributed by atoms with Gasteiger partial charge in [-0.3, -0.25) is 4.90 Å². The van der Waals surface area contributed by atoms with Gasteiger partial charge < -0.3 is 10.5 Å². The lowest BCUT2D eigenvalue weighted by Crippen LogP contribution is -2.22. The van der Waals surface area contributed by atoms with Gasteiger partial charge in [-0.2, -0.15) is 0 Å². The van der Waals surface area contributed by atoms with E-state index in [-0.39, 0.29) is 12.4 Å². The SMILES string of the molecule is COc1ccsc1CN1CCC(CN)C1.Cl. The minimum absolute atomic E-state index is 0. The van der Waals surface area contributed by atoms with Gasteiger partial charge in [0.2, 0.25) is 0 Å². The Morgan fingerprint density at radius 3 is 3.06 bits per heavy atom. The van der Waals surface area contributed by atoms with Crippen LogP contribution in [0.15, 0.2) is 11.4 Å². The van der Waals surface area contributed by atoms with E-state index in [1.165, 1.54) is 17.8 Å². The molecule has 5 heteroatoms. The highest BCUT2D eigenvalue weighted by Gasteiger charge is 2.22. The fourth-order valence-corrected chi connectivity index (χ4v) is 2.96. The molecule has 0 amide bonds. The van der Waals surface area contributed by atoms with Crippen LogP contribution < -0.4 is 10.5 Å². The fourth-order valence-electron chi connectivity index (χ4n) is 2.08. The Kier molecular flexibility index (Phi) is 5.55. The molecule has 1 aliphatic heterocycles. The topological polar surface area (TPSA) is 38.5 Å². The third-order valence-electron chi connectivity index (χ3n) is 2.99. The molecule has 92 valence electrons. The number of hydrogen-bond acceptors (Lipinski definition) is 4. The van der Waals surface area contributed by atoms with Gasteiger partial charge >= 0.3 is 0 Å². The van der Waals surface area contributed by atoms with Gasteiger partial charge in [-0.25, -0.2) is 0 Å². The van der Waals surface area contributed by atoms with Crippen molar-refractivity contribution in [1.82, 2.24) is 4.90 Å². The average molecular weight is 263 g/mol. The Morgan fingerprint density at radius 1 is 1.62 bits per heavy atom. The molecule has 0 radical (unpaired) electrons. The number of halogens is 1. The van der Waals surface area contributed by atoms with Gasteiger partial charge in [-0.15, -0.1) is 23.7 Å². The van der Waals surface area contributed by atoms with Crippen LogP contribution in [0.2, 0.25) is 0 Å². The maximum Gasteiger partial charge on any atom is 0.134 e. The summed E-state index contributed by atoms with van der Waals surface area (Å²) in [6.45, 7) is 4.13. The summed E-state index contributed by atoms with van der Waals surface area (Å²) >= 11 is 1.77. The van der Waals surface area contributed by atoms with Gasteiger partial charge in [0.1, 0.15) is 5.75 Å². The lowest BCUT2D eigenvalue weighted by Gasteiger charge is -2.15. The molecule has 2 rings (SSSR count). The van der Waals surface area contributed by atoms with Crippen LogP contribution in [0.25, 0.3) is 0 Å². The molecule has 2 heterocycles. The third kappa shape index (κ3) is 3.10. The Balaban J connectivity index is 0.00000128. The summed E-state index contributed by atoms with van der Waals surface area (Å²) in [6.07, 6.45) is 1.24. The molecule has 0 aliphatic carbocycles. The van der Waals surface area contributed by atoms with Crippen molar-refractivity contribution in [3.63, 3.8) is 0 Å². The molecule has 1 atom stereocenters. The van der Waals surface area contributed by atoms with Crippen LogP contribution in [0, 0.1) is 5.92 Å². The van der Waals surface area contributed by atoms with Crippen LogP contribution in [-0.2, 0) is 6.54 Å². The van der Waals surface area contributed by atoms with Crippen molar-refractivity contribution in [3.05, 3.63) is 16.3 Å². The molecule has 0 bridgehead atoms. The molecule has 1 saturated heterocycles. The molecule has 1 aromatic heterocycles. The van der Waals surface area contributed by atoms with E-state index in [1.54, 1.807) is 18.4 Å². The van der Waals surface area contributed by atoms with Crippen LogP contribution in [0.4, 0.5) is 0 Å². The van der Waals surface area contributed by atoms with Gasteiger partial charge in [-0.1, -0.05) is 0 Å². The summed E-state index contributed by atoms with van der Waals surface area (Å²) in [5, 5.41) is 2.09. The monoisotopic (exact) mass is 262 g/mol. The fraction of sp³-hybridized carbons (Fsp3) is 0.636. The Labute approximate surface area is 107 Å². The van der Waals surface area contributed by atoms with E-state index >= 15 is 0 Å². The van der Waals surface area contributed by atoms with E-state index in [0.717, 1.165) is 25.4 Å². The van der Waals surface area contributed by atoms with Crippen molar-refractivity contribution in [1.29, 1.82) is 0 Å². The number of rotatable bonds is 4. The summed E-state index contributed by atoms with van der Waals surface area (Å²) in [5.74, 6) is 1.71. The number of hydrogen-bond donors (Lipinski definition) is 1. The maximum atomic E-state index is 5.68. The summed E-state index contributed by atoms with van der Waals surface area (Å²) < 4.78 is 5.31. The van der Waals surface area contributed by atoms with Gasteiger partial charge in [0, 0.05) is 13.1 Å². The first-order valence-electron chi connectivity index (χ1n) is 5.36. The van der Waals surface area contributed by atoms with E-state index in [0.29, 0.717) is 5.92 Å². The quantitative estimate of drug-likeness (QED) is 0.902. The zero-order valence-corrected chi connectivity index (χ0v) is 11.1. The summed E-state index contributed by atoms with van der Waals surface area (Å²) in [5.41, 5.74) is 5.68. The third-order valence-corrected chi connectivity index (χ3v) is 3.88. The Morgan fingerprint density at radius 2 is 2.44 bits per heavy atom. The Bertz CT molecular complexity index is 319. The van der Waals surface area contributed by atoms with E-state index in [4.69, 9.17) is 10.5 Å². The molecular formula is C11H19ClN2OS. The van der Waals surface area contributed by atoms with Crippen molar-refractivity contribution in [2.75, 3.05) is 26.7 Å². The normalized spacial score (nSPS) is 20.8. The second kappa shape index (κ2) is 6.45. The smallest absolute Gasteiger partial charge is 0.134 e. The Hall–Kier alpha value is -0.290. The second-order valence-corrected chi connectivity index (χ2v) is 5.04. The highest BCUT2D eigenvalue weighted by Crippen LogP contribution is 2.27. The predicted octanol–water partition coefficient (Wildman–Crippen LogP) is 1.96. The minimum atomic E-state index is 0. The van der Waals surface area contributed by atoms with Crippen LogP contribution in [0.1, 0.15) is 11.3 Å². The zero-order valence-electron chi connectivity index (χ0n) is 9.52. The number of likely N-dealkylation sites (tertiary alicyclic amines) is 1. The van der Waals surface area contributed by atoms with Crippen LogP contribution in [-0.4, -0.2) is 31.6 Å². The van der Waals surface area contributed by atoms with E-state index in [1.807, 2.05) is 6.07 Å². The van der Waals surface area contributed by atoms with E-state index in [9.17, 15) is 0 Å². The standard InChI is InChI=1S/C11H18N2OS.ClH/c1-14-10-3-5-15-11(10)8-13-4-2-9(6-12)7-13;/h3,5,9H,2,4,6-8,12H2,1H3;1H. The first kappa shape index (κ1) is 13.8. The van der Waals surface area contributed by atoms with Gasteiger partial charge in [-0.05, 0) is 36.9 Å². The zero-order chi connectivity index (χ0) is 10.7. The predicted molar refractivity (Wildman–Crippen MR) is 70.6 cm³/mol. The molecule has 1 aromatic rings. The van der Waals surface area contributed by atoms with Crippen LogP contribution in [0.3, 0.4) is 0 Å². The van der Waals surface area contributed by atoms with Crippen LogP contribution >= 0.6 is 23.7 Å². The minimum Gasteiger partial charge on any atom is -0.496 e. The second-order valence-electron chi connectivity index (χ2n) is 4.04. The molecule has 2 N–H and O–H groups in total. The highest BCUT2D eigenvalue weighted by molar-refractivity contribution is 7.10. The first-order chi connectivity index (χ1) is 7.33. The maximum absolute atomic E-state index is 5.68. The highest BCUT2D eigenvalue weighted by atomic mass is 35.5. The van der Waals surface area contributed by atoms with Crippen LogP contribution in [0.5, 0.6) is 5.75 Å². The molecular weight excluding hydrogens is 244 g/mol. The molecule has 1 fully saturated rings. The number of methoxy groups -OCH3 is 1. The summed E-state index contributed by atoms with van der Waals surface area (Å²) in [6, 6.07) is 2.04. The molecule has 16 heavy (non-hydrogen) atoms. The van der Waals surface area contributed by atoms with E-state index < -0.39 is 0 Å². The molecule has 0 saturated carbocycles. The number of thiophene rings is 1. The lowest BCUT2D eigenvalue weighted by molar-refractivity contribution is 0.313. The van der Waals surface area contributed by atoms with Crippen molar-refractivity contribution >= 4 is 23.7 Å². The number of nitrogens with two attached hydrogens (primary N) is 1. The first-order valence-corrected chi connectivity index (χ1v) is 6.24. The molecule has 1 unspecified atom stereocenters. The van der Waals surface area contributed by atoms with Gasteiger partial charge in [0.15, 0.2) is 0 Å². The number of nitrogens with zero attached hydrogens (tertiary/aromatic N) is 1. The summed E-state index contributed by atoms with van der Waals surface area (Å²) in [4.78, 5) is 3.79. The average Bonchev–Trinajstić information content (AvgIpc) is 2.87. The van der Waals surface area contributed by atoms with Crippen molar-refractivity contribution in [2.24, 2.45) is 11.7 Å².